The number of hydrogen-bond donors (Lipinski definition) is 1. The number of aryl methyl sites for hydroxylation is 3. The molecule has 2 aromatic carbocycles. The number of carbonyl (C=O) groups is 2. The fraction of sp³-hybridized carbons (Fsp3) is 0.240. The largest absolute Gasteiger partial charge is 0.507 e. The molecule has 1 N–H and O–H groups in total. The molecule has 1 saturated heterocycles. The molecule has 7 heteroatoms. The van der Waals surface area contributed by atoms with Crippen LogP contribution in [0.15, 0.2) is 66.8 Å². The number of aliphatic hydroxyl groups excluding tert-OH is 1. The monoisotopic (exact) mass is 449 g/mol. The van der Waals surface area contributed by atoms with Crippen LogP contribution in [-0.4, -0.2) is 37.8 Å². The van der Waals surface area contributed by atoms with Crippen LogP contribution in [0.3, 0.4) is 0 Å². The minimum absolute atomic E-state index is 0.105. The minimum Gasteiger partial charge on any atom is -0.507 e. The Morgan fingerprint density at radius 3 is 2.53 bits per heavy atom. The van der Waals surface area contributed by atoms with Crippen molar-refractivity contribution in [3.8, 4) is 0 Å². The Morgan fingerprint density at radius 2 is 1.84 bits per heavy atom. The summed E-state index contributed by atoms with van der Waals surface area (Å²) >= 11 is 6.07. The summed E-state index contributed by atoms with van der Waals surface area (Å²) < 4.78 is 1.92. The van der Waals surface area contributed by atoms with E-state index in [0.29, 0.717) is 30.1 Å². The van der Waals surface area contributed by atoms with Gasteiger partial charge in [0.25, 0.3) is 11.7 Å². The number of imidazole rings is 1. The Labute approximate surface area is 191 Å². The first kappa shape index (κ1) is 21.8. The normalized spacial score (nSPS) is 17.8. The van der Waals surface area contributed by atoms with Crippen molar-refractivity contribution in [1.82, 2.24) is 14.5 Å². The number of carbonyl (C=O) groups excluding carboxylic acids is 2. The van der Waals surface area contributed by atoms with Crippen molar-refractivity contribution >= 4 is 29.1 Å². The van der Waals surface area contributed by atoms with Crippen LogP contribution < -0.4 is 0 Å². The number of likely N-dealkylation sites (tertiary alicyclic amines) is 1. The second-order valence-electron chi connectivity index (χ2n) is 8.02. The summed E-state index contributed by atoms with van der Waals surface area (Å²) in [5.74, 6) is -1.44. The number of aliphatic hydroxyl groups is 1. The van der Waals surface area contributed by atoms with E-state index >= 15 is 0 Å². The highest BCUT2D eigenvalue weighted by molar-refractivity contribution is 6.46. The highest BCUT2D eigenvalue weighted by Crippen LogP contribution is 2.40. The highest BCUT2D eigenvalue weighted by Gasteiger charge is 2.45. The smallest absolute Gasteiger partial charge is 0.295 e. The van der Waals surface area contributed by atoms with Crippen molar-refractivity contribution in [2.45, 2.75) is 32.9 Å². The van der Waals surface area contributed by atoms with E-state index in [9.17, 15) is 14.7 Å². The van der Waals surface area contributed by atoms with Crippen LogP contribution in [0.4, 0.5) is 0 Å². The van der Waals surface area contributed by atoms with Gasteiger partial charge >= 0.3 is 0 Å². The number of amides is 1. The summed E-state index contributed by atoms with van der Waals surface area (Å²) in [6.07, 6.45) is 5.90. The molecule has 0 unspecified atom stereocenters. The number of ketones is 1. The van der Waals surface area contributed by atoms with E-state index in [2.05, 4.69) is 4.98 Å². The molecule has 0 aliphatic carbocycles. The Bertz CT molecular complexity index is 1180. The van der Waals surface area contributed by atoms with Gasteiger partial charge in [-0.1, -0.05) is 41.4 Å². The van der Waals surface area contributed by atoms with Gasteiger partial charge in [-0.15, -0.1) is 0 Å². The fourth-order valence-electron chi connectivity index (χ4n) is 4.08. The number of halogens is 1. The van der Waals surface area contributed by atoms with Crippen LogP contribution in [0.1, 0.15) is 34.7 Å². The zero-order valence-corrected chi connectivity index (χ0v) is 18.7. The van der Waals surface area contributed by atoms with E-state index in [1.165, 1.54) is 0 Å². The van der Waals surface area contributed by atoms with Gasteiger partial charge in [-0.3, -0.25) is 9.59 Å². The minimum atomic E-state index is -0.685. The summed E-state index contributed by atoms with van der Waals surface area (Å²) in [6.45, 7) is 4.81. The molecule has 0 bridgehead atoms. The fourth-order valence-corrected chi connectivity index (χ4v) is 4.21. The van der Waals surface area contributed by atoms with Crippen molar-refractivity contribution in [3.63, 3.8) is 0 Å². The number of benzene rings is 2. The van der Waals surface area contributed by atoms with E-state index in [1.807, 2.05) is 42.8 Å². The SMILES string of the molecule is Cc1ccc(C)c(C(O)=C2C(=O)C(=O)N(CCCn3ccnc3)[C@H]2c2ccc(Cl)cc2)c1. The molecule has 1 aromatic heterocycles. The molecule has 164 valence electrons. The third kappa shape index (κ3) is 4.18. The third-order valence-electron chi connectivity index (χ3n) is 5.75. The Hall–Kier alpha value is -3.38. The first-order valence-corrected chi connectivity index (χ1v) is 10.8. The molecule has 1 aliphatic heterocycles. The molecule has 0 radical (unpaired) electrons. The molecule has 32 heavy (non-hydrogen) atoms. The van der Waals surface area contributed by atoms with Crippen LogP contribution in [-0.2, 0) is 16.1 Å². The van der Waals surface area contributed by atoms with Crippen molar-refractivity contribution in [1.29, 1.82) is 0 Å². The molecule has 3 aromatic rings. The number of Topliss-reactive ketones (excluding diaryl/α,β-unsaturated/α-hetero) is 1. The molecule has 0 saturated carbocycles. The second kappa shape index (κ2) is 9.01. The summed E-state index contributed by atoms with van der Waals surface area (Å²) in [4.78, 5) is 31.7. The van der Waals surface area contributed by atoms with Crippen LogP contribution in [0.2, 0.25) is 5.02 Å². The van der Waals surface area contributed by atoms with Gasteiger partial charge in [0.2, 0.25) is 0 Å². The molecule has 1 aliphatic rings. The van der Waals surface area contributed by atoms with Gasteiger partial charge in [-0.2, -0.15) is 0 Å². The van der Waals surface area contributed by atoms with Crippen molar-refractivity contribution in [3.05, 3.63) is 94.0 Å². The van der Waals surface area contributed by atoms with E-state index < -0.39 is 17.7 Å². The van der Waals surface area contributed by atoms with E-state index in [1.54, 1.807) is 41.7 Å². The quantitative estimate of drug-likeness (QED) is 0.337. The lowest BCUT2D eigenvalue weighted by Crippen LogP contribution is -2.31. The zero-order valence-electron chi connectivity index (χ0n) is 18.0. The van der Waals surface area contributed by atoms with Crippen LogP contribution >= 0.6 is 11.6 Å². The molecule has 6 nitrogen and oxygen atoms in total. The van der Waals surface area contributed by atoms with Gasteiger partial charge in [-0.25, -0.2) is 4.98 Å². The van der Waals surface area contributed by atoms with E-state index in [4.69, 9.17) is 11.6 Å². The lowest BCUT2D eigenvalue weighted by atomic mass is 9.93. The topological polar surface area (TPSA) is 75.4 Å². The van der Waals surface area contributed by atoms with Gasteiger partial charge in [0.15, 0.2) is 0 Å². The average molecular weight is 450 g/mol. The van der Waals surface area contributed by atoms with Crippen LogP contribution in [0.5, 0.6) is 0 Å². The van der Waals surface area contributed by atoms with Gasteiger partial charge in [0.05, 0.1) is 17.9 Å². The highest BCUT2D eigenvalue weighted by atomic mass is 35.5. The maximum absolute atomic E-state index is 13.1. The van der Waals surface area contributed by atoms with Crippen molar-refractivity contribution < 1.29 is 14.7 Å². The maximum Gasteiger partial charge on any atom is 0.295 e. The number of aromatic nitrogens is 2. The molecule has 0 spiro atoms. The number of nitrogens with zero attached hydrogens (tertiary/aromatic N) is 3. The lowest BCUT2D eigenvalue weighted by Gasteiger charge is -2.25. The molecule has 2 heterocycles. The first-order chi connectivity index (χ1) is 15.4. The van der Waals surface area contributed by atoms with Gasteiger partial charge < -0.3 is 14.6 Å². The first-order valence-electron chi connectivity index (χ1n) is 10.4. The van der Waals surface area contributed by atoms with Crippen LogP contribution in [0, 0.1) is 13.8 Å². The molecule has 1 amide bonds. The second-order valence-corrected chi connectivity index (χ2v) is 8.45. The summed E-state index contributed by atoms with van der Waals surface area (Å²) in [5.41, 5.74) is 3.17. The average Bonchev–Trinajstić information content (AvgIpc) is 3.38. The Balaban J connectivity index is 1.76. The molecule has 4 rings (SSSR count). The summed E-state index contributed by atoms with van der Waals surface area (Å²) in [7, 11) is 0. The predicted molar refractivity (Wildman–Crippen MR) is 123 cm³/mol. The molecule has 1 atom stereocenters. The summed E-state index contributed by atoms with van der Waals surface area (Å²) in [6, 6.07) is 12.0. The Morgan fingerprint density at radius 1 is 1.09 bits per heavy atom. The molecule has 1 fully saturated rings. The third-order valence-corrected chi connectivity index (χ3v) is 6.00. The van der Waals surface area contributed by atoms with Gasteiger partial charge in [0, 0.05) is 36.1 Å². The molecular formula is C25H24ClN3O3. The molecular weight excluding hydrogens is 426 g/mol. The van der Waals surface area contributed by atoms with Crippen LogP contribution in [0.25, 0.3) is 5.76 Å². The predicted octanol–water partition coefficient (Wildman–Crippen LogP) is 4.67. The zero-order chi connectivity index (χ0) is 22.8. The van der Waals surface area contributed by atoms with Crippen molar-refractivity contribution in [2.24, 2.45) is 0 Å². The summed E-state index contributed by atoms with van der Waals surface area (Å²) in [5, 5.41) is 11.8. The maximum atomic E-state index is 13.1. The Kier molecular flexibility index (Phi) is 6.15. The standard InChI is InChI=1S/C25H24ClN3O3/c1-16-4-5-17(2)20(14-16)23(30)21-22(18-6-8-19(26)9-7-18)29(25(32)24(21)31)12-3-11-28-13-10-27-15-28/h4-10,13-15,22,30H,3,11-12H2,1-2H3/t22-/m0/s1. The van der Waals surface area contributed by atoms with Gasteiger partial charge in [-0.05, 0) is 49.6 Å². The van der Waals surface area contributed by atoms with E-state index in [-0.39, 0.29) is 11.3 Å². The van der Waals surface area contributed by atoms with Gasteiger partial charge in [0.1, 0.15) is 5.76 Å². The number of rotatable bonds is 6. The lowest BCUT2D eigenvalue weighted by molar-refractivity contribution is -0.139. The van der Waals surface area contributed by atoms with Crippen molar-refractivity contribution in [2.75, 3.05) is 6.54 Å². The number of hydrogen-bond acceptors (Lipinski definition) is 4. The van der Waals surface area contributed by atoms with E-state index in [0.717, 1.165) is 16.7 Å².